The predicted octanol–water partition coefficient (Wildman–Crippen LogP) is 4.09. The van der Waals surface area contributed by atoms with Crippen LogP contribution in [-0.4, -0.2) is 32.6 Å². The Labute approximate surface area is 162 Å². The molecule has 6 nitrogen and oxygen atoms in total. The number of benzene rings is 3. The second kappa shape index (κ2) is 6.88. The zero-order valence-corrected chi connectivity index (χ0v) is 15.9. The highest BCUT2D eigenvalue weighted by molar-refractivity contribution is 6.27. The van der Waals surface area contributed by atoms with Crippen molar-refractivity contribution in [1.82, 2.24) is 0 Å². The average molecular weight is 376 g/mol. The van der Waals surface area contributed by atoms with Gasteiger partial charge in [0.25, 0.3) is 11.8 Å². The van der Waals surface area contributed by atoms with Gasteiger partial charge in [-0.3, -0.25) is 9.59 Å². The van der Waals surface area contributed by atoms with E-state index in [0.717, 1.165) is 16.5 Å². The van der Waals surface area contributed by atoms with Crippen LogP contribution in [0, 0.1) is 0 Å². The molecule has 2 amide bonds. The fraction of sp³-hybridized carbons (Fsp3) is 0.182. The molecule has 0 fully saturated rings. The first kappa shape index (κ1) is 17.9. The third-order valence-corrected chi connectivity index (χ3v) is 5.00. The second-order valence-electron chi connectivity index (χ2n) is 6.40. The smallest absolute Gasteiger partial charge is 0.263 e. The van der Waals surface area contributed by atoms with Crippen molar-refractivity contribution in [3.63, 3.8) is 0 Å². The van der Waals surface area contributed by atoms with Gasteiger partial charge in [-0.1, -0.05) is 18.2 Å². The summed E-state index contributed by atoms with van der Waals surface area (Å²) in [5.41, 5.74) is 2.47. The number of ether oxygens (including phenoxy) is 2. The molecule has 4 rings (SSSR count). The summed E-state index contributed by atoms with van der Waals surface area (Å²) in [4.78, 5) is 27.4. The molecule has 0 bridgehead atoms. The van der Waals surface area contributed by atoms with E-state index < -0.39 is 0 Å². The standard InChI is InChI=1S/C22H20N2O4/c1-4-24-16-12-11-15(13-7-5-8-14(19(13)16)22(24)26)23-21(25)20-17(27-2)9-6-10-18(20)28-3/h5-12H,4H2,1-3H3,(H,23,25). The molecule has 0 aliphatic carbocycles. The van der Waals surface area contributed by atoms with Crippen LogP contribution in [0.4, 0.5) is 11.4 Å². The van der Waals surface area contributed by atoms with Crippen LogP contribution in [0.5, 0.6) is 11.5 Å². The first-order valence-corrected chi connectivity index (χ1v) is 9.00. The van der Waals surface area contributed by atoms with E-state index >= 15 is 0 Å². The Morgan fingerprint density at radius 2 is 1.68 bits per heavy atom. The van der Waals surface area contributed by atoms with Crippen molar-refractivity contribution < 1.29 is 19.1 Å². The first-order valence-electron chi connectivity index (χ1n) is 9.00. The van der Waals surface area contributed by atoms with Crippen molar-refractivity contribution >= 4 is 34.0 Å². The number of nitrogens with one attached hydrogen (secondary N) is 1. The van der Waals surface area contributed by atoms with Gasteiger partial charge in [0.2, 0.25) is 0 Å². The van der Waals surface area contributed by atoms with Crippen LogP contribution in [0.25, 0.3) is 10.8 Å². The number of methoxy groups -OCH3 is 2. The van der Waals surface area contributed by atoms with Crippen LogP contribution in [0.1, 0.15) is 27.6 Å². The minimum atomic E-state index is -0.341. The summed E-state index contributed by atoms with van der Waals surface area (Å²) in [6.07, 6.45) is 0. The summed E-state index contributed by atoms with van der Waals surface area (Å²) in [5, 5.41) is 4.63. The lowest BCUT2D eigenvalue weighted by atomic mass is 10.0. The zero-order valence-electron chi connectivity index (χ0n) is 15.9. The summed E-state index contributed by atoms with van der Waals surface area (Å²) in [6.45, 7) is 2.53. The van der Waals surface area contributed by atoms with E-state index in [2.05, 4.69) is 5.32 Å². The van der Waals surface area contributed by atoms with E-state index in [1.54, 1.807) is 23.1 Å². The summed E-state index contributed by atoms with van der Waals surface area (Å²) >= 11 is 0. The second-order valence-corrected chi connectivity index (χ2v) is 6.40. The molecule has 6 heteroatoms. The van der Waals surface area contributed by atoms with E-state index in [9.17, 15) is 9.59 Å². The van der Waals surface area contributed by atoms with Gasteiger partial charge < -0.3 is 19.7 Å². The van der Waals surface area contributed by atoms with Crippen molar-refractivity contribution in [3.8, 4) is 11.5 Å². The monoisotopic (exact) mass is 376 g/mol. The number of anilines is 2. The molecule has 0 atom stereocenters. The van der Waals surface area contributed by atoms with Crippen LogP contribution in [-0.2, 0) is 0 Å². The fourth-order valence-electron chi connectivity index (χ4n) is 3.73. The van der Waals surface area contributed by atoms with Crippen LogP contribution in [0.3, 0.4) is 0 Å². The number of carbonyl (C=O) groups is 2. The van der Waals surface area contributed by atoms with E-state index in [-0.39, 0.29) is 11.8 Å². The van der Waals surface area contributed by atoms with Crippen molar-refractivity contribution in [2.45, 2.75) is 6.92 Å². The molecule has 1 aliphatic heterocycles. The molecule has 0 spiro atoms. The van der Waals surface area contributed by atoms with Gasteiger partial charge in [0, 0.05) is 28.6 Å². The molecule has 1 aliphatic rings. The summed E-state index contributed by atoms with van der Waals surface area (Å²) in [6, 6.07) is 14.4. The van der Waals surface area contributed by atoms with Gasteiger partial charge >= 0.3 is 0 Å². The lowest BCUT2D eigenvalue weighted by Gasteiger charge is -2.16. The lowest BCUT2D eigenvalue weighted by Crippen LogP contribution is -2.25. The molecule has 142 valence electrons. The van der Waals surface area contributed by atoms with Gasteiger partial charge in [0.05, 0.1) is 19.9 Å². The molecule has 0 radical (unpaired) electrons. The maximum atomic E-state index is 13.0. The Kier molecular flexibility index (Phi) is 4.39. The summed E-state index contributed by atoms with van der Waals surface area (Å²) in [5.74, 6) is 0.495. The van der Waals surface area contributed by atoms with Crippen molar-refractivity contribution in [2.75, 3.05) is 31.0 Å². The van der Waals surface area contributed by atoms with E-state index in [1.807, 2.05) is 37.3 Å². The van der Waals surface area contributed by atoms with Gasteiger partial charge in [-0.25, -0.2) is 0 Å². The van der Waals surface area contributed by atoms with Crippen LogP contribution in [0.2, 0.25) is 0 Å². The van der Waals surface area contributed by atoms with E-state index in [1.165, 1.54) is 14.2 Å². The minimum absolute atomic E-state index is 0.0158. The Morgan fingerprint density at radius 3 is 2.32 bits per heavy atom. The van der Waals surface area contributed by atoms with Crippen molar-refractivity contribution in [3.05, 3.63) is 59.7 Å². The van der Waals surface area contributed by atoms with Gasteiger partial charge in [-0.15, -0.1) is 0 Å². The quantitative estimate of drug-likeness (QED) is 0.728. The minimum Gasteiger partial charge on any atom is -0.496 e. The molecule has 0 saturated heterocycles. The normalized spacial score (nSPS) is 12.4. The van der Waals surface area contributed by atoms with Crippen LogP contribution in [0.15, 0.2) is 48.5 Å². The molecule has 0 aromatic heterocycles. The molecular formula is C22H20N2O4. The summed E-state index contributed by atoms with van der Waals surface area (Å²) < 4.78 is 10.7. The van der Waals surface area contributed by atoms with Gasteiger partial charge in [-0.05, 0) is 37.3 Å². The summed E-state index contributed by atoms with van der Waals surface area (Å²) in [7, 11) is 3.02. The predicted molar refractivity (Wildman–Crippen MR) is 109 cm³/mol. The molecular weight excluding hydrogens is 356 g/mol. The van der Waals surface area contributed by atoms with Gasteiger partial charge in [0.1, 0.15) is 17.1 Å². The van der Waals surface area contributed by atoms with Crippen LogP contribution >= 0.6 is 0 Å². The molecule has 28 heavy (non-hydrogen) atoms. The largest absolute Gasteiger partial charge is 0.496 e. The number of rotatable bonds is 5. The van der Waals surface area contributed by atoms with E-state index in [4.69, 9.17) is 9.47 Å². The number of carbonyl (C=O) groups excluding carboxylic acids is 2. The highest BCUT2D eigenvalue weighted by Gasteiger charge is 2.29. The molecule has 1 heterocycles. The Hall–Kier alpha value is -3.54. The Balaban J connectivity index is 1.80. The third kappa shape index (κ3) is 2.57. The maximum absolute atomic E-state index is 13.0. The number of hydrogen-bond donors (Lipinski definition) is 1. The molecule has 3 aromatic rings. The zero-order chi connectivity index (χ0) is 19.8. The van der Waals surface area contributed by atoms with Crippen molar-refractivity contribution in [2.24, 2.45) is 0 Å². The lowest BCUT2D eigenvalue weighted by molar-refractivity contribution is 0.0992. The molecule has 0 unspecified atom stereocenters. The highest BCUT2D eigenvalue weighted by Crippen LogP contribution is 2.41. The number of nitrogens with zero attached hydrogens (tertiary/aromatic N) is 1. The molecule has 0 saturated carbocycles. The average Bonchev–Trinajstić information content (AvgIpc) is 3.01. The Morgan fingerprint density at radius 1 is 1.00 bits per heavy atom. The maximum Gasteiger partial charge on any atom is 0.263 e. The topological polar surface area (TPSA) is 67.9 Å². The van der Waals surface area contributed by atoms with Gasteiger partial charge in [0.15, 0.2) is 0 Å². The molecule has 1 N–H and O–H groups in total. The molecule has 3 aromatic carbocycles. The van der Waals surface area contributed by atoms with Crippen LogP contribution < -0.4 is 19.7 Å². The number of amides is 2. The van der Waals surface area contributed by atoms with E-state index in [0.29, 0.717) is 34.9 Å². The number of hydrogen-bond acceptors (Lipinski definition) is 4. The van der Waals surface area contributed by atoms with Gasteiger partial charge in [-0.2, -0.15) is 0 Å². The highest BCUT2D eigenvalue weighted by atomic mass is 16.5. The third-order valence-electron chi connectivity index (χ3n) is 5.00. The SMILES string of the molecule is CCN1C(=O)c2cccc3c(NC(=O)c4c(OC)cccc4OC)ccc1c23. The first-order chi connectivity index (χ1) is 13.6. The fourth-order valence-corrected chi connectivity index (χ4v) is 3.73. The Bertz CT molecular complexity index is 1080. The van der Waals surface area contributed by atoms with Crippen molar-refractivity contribution in [1.29, 1.82) is 0 Å².